The van der Waals surface area contributed by atoms with Gasteiger partial charge in [0.25, 0.3) is 0 Å². The number of aldehydes is 1. The topological polar surface area (TPSA) is 20.3 Å². The van der Waals surface area contributed by atoms with Gasteiger partial charge in [-0.25, -0.2) is 0 Å². The maximum Gasteiger partial charge on any atom is 0.130 e. The molecule has 0 spiro atoms. The van der Waals surface area contributed by atoms with Crippen molar-refractivity contribution in [1.29, 1.82) is 0 Å². The molecular formula is C20H27NO. The highest BCUT2D eigenvalue weighted by Crippen LogP contribution is 2.36. The second-order valence-corrected chi connectivity index (χ2v) is 6.46. The molecule has 0 heterocycles. The molecule has 0 amide bonds. The van der Waals surface area contributed by atoms with Crippen LogP contribution in [0.25, 0.3) is 10.8 Å². The summed E-state index contributed by atoms with van der Waals surface area (Å²) in [6.45, 7) is 3.11. The molecule has 0 bridgehead atoms. The van der Waals surface area contributed by atoms with E-state index in [1.165, 1.54) is 22.6 Å². The third-order valence-electron chi connectivity index (χ3n) is 4.53. The fraction of sp³-hybridized carbons (Fsp3) is 0.450. The van der Waals surface area contributed by atoms with Crippen LogP contribution in [0.15, 0.2) is 42.5 Å². The van der Waals surface area contributed by atoms with E-state index in [1.807, 2.05) is 0 Å². The summed E-state index contributed by atoms with van der Waals surface area (Å²) in [5, 5.41) is 2.43. The minimum Gasteiger partial charge on any atom is -0.309 e. The van der Waals surface area contributed by atoms with Gasteiger partial charge in [-0.3, -0.25) is 0 Å². The average molecular weight is 297 g/mol. The monoisotopic (exact) mass is 297 g/mol. The van der Waals surface area contributed by atoms with Crippen LogP contribution in [0.5, 0.6) is 0 Å². The summed E-state index contributed by atoms with van der Waals surface area (Å²) >= 11 is 0. The van der Waals surface area contributed by atoms with Crippen molar-refractivity contribution in [3.8, 4) is 0 Å². The van der Waals surface area contributed by atoms with Gasteiger partial charge in [0.1, 0.15) is 6.29 Å². The molecule has 2 aromatic rings. The number of carbonyl (C=O) groups is 1. The number of fused-ring (bicyclic) bond motifs is 1. The molecule has 1 unspecified atom stereocenters. The van der Waals surface area contributed by atoms with Crippen molar-refractivity contribution >= 4 is 17.1 Å². The molecule has 0 radical (unpaired) electrons. The summed E-state index contributed by atoms with van der Waals surface area (Å²) in [7, 11) is 4.14. The van der Waals surface area contributed by atoms with E-state index in [0.717, 1.165) is 32.2 Å². The van der Waals surface area contributed by atoms with Crippen LogP contribution in [0.2, 0.25) is 0 Å². The number of rotatable bonds is 8. The fourth-order valence-corrected chi connectivity index (χ4v) is 3.15. The van der Waals surface area contributed by atoms with Crippen molar-refractivity contribution in [2.45, 2.75) is 38.0 Å². The van der Waals surface area contributed by atoms with E-state index in [4.69, 9.17) is 0 Å². The third-order valence-corrected chi connectivity index (χ3v) is 4.53. The fourth-order valence-electron chi connectivity index (χ4n) is 3.15. The van der Waals surface area contributed by atoms with Crippen molar-refractivity contribution in [2.24, 2.45) is 0 Å². The van der Waals surface area contributed by atoms with E-state index in [2.05, 4.69) is 68.4 Å². The maximum absolute atomic E-state index is 12.2. The minimum atomic E-state index is -0.374. The standard InChI is InChI=1S/C20H27NO/c1-4-5-13-20(16-22,14-15-21(2)3)19-12-8-10-17-9-6-7-11-18(17)19/h6-12,16H,4-5,13-15H2,1-3H3. The van der Waals surface area contributed by atoms with Gasteiger partial charge < -0.3 is 9.69 Å². The van der Waals surface area contributed by atoms with E-state index in [-0.39, 0.29) is 5.41 Å². The molecule has 0 saturated carbocycles. The Labute approximate surface area is 134 Å². The Morgan fingerprint density at radius 1 is 1.05 bits per heavy atom. The highest BCUT2D eigenvalue weighted by atomic mass is 16.1. The summed E-state index contributed by atoms with van der Waals surface area (Å²) in [6.07, 6.45) is 5.19. The van der Waals surface area contributed by atoms with Crippen LogP contribution in [-0.4, -0.2) is 31.8 Å². The lowest BCUT2D eigenvalue weighted by atomic mass is 9.73. The first-order chi connectivity index (χ1) is 10.6. The lowest BCUT2D eigenvalue weighted by molar-refractivity contribution is -0.113. The number of benzene rings is 2. The van der Waals surface area contributed by atoms with E-state index in [1.54, 1.807) is 0 Å². The van der Waals surface area contributed by atoms with Crippen molar-refractivity contribution in [3.05, 3.63) is 48.0 Å². The predicted octanol–water partition coefficient (Wildman–Crippen LogP) is 4.42. The van der Waals surface area contributed by atoms with Crippen LogP contribution in [-0.2, 0) is 10.2 Å². The summed E-state index contributed by atoms with van der Waals surface area (Å²) in [6, 6.07) is 14.7. The van der Waals surface area contributed by atoms with Gasteiger partial charge >= 0.3 is 0 Å². The van der Waals surface area contributed by atoms with Gasteiger partial charge in [0.2, 0.25) is 0 Å². The Bertz CT molecular complexity index is 615. The van der Waals surface area contributed by atoms with Crippen LogP contribution in [0.4, 0.5) is 0 Å². The van der Waals surface area contributed by atoms with Gasteiger partial charge in [-0.05, 0) is 49.8 Å². The molecule has 0 aromatic heterocycles. The van der Waals surface area contributed by atoms with Crippen LogP contribution >= 0.6 is 0 Å². The highest BCUT2D eigenvalue weighted by molar-refractivity contribution is 5.90. The largest absolute Gasteiger partial charge is 0.309 e. The molecule has 1 atom stereocenters. The third kappa shape index (κ3) is 3.56. The van der Waals surface area contributed by atoms with Crippen LogP contribution in [0.3, 0.4) is 0 Å². The summed E-state index contributed by atoms with van der Waals surface area (Å²) in [4.78, 5) is 14.3. The Hall–Kier alpha value is -1.67. The van der Waals surface area contributed by atoms with Crippen molar-refractivity contribution in [1.82, 2.24) is 4.90 Å². The van der Waals surface area contributed by atoms with Crippen molar-refractivity contribution < 1.29 is 4.79 Å². The molecule has 0 aliphatic carbocycles. The molecule has 2 aromatic carbocycles. The number of nitrogens with zero attached hydrogens (tertiary/aromatic N) is 1. The smallest absolute Gasteiger partial charge is 0.130 e. The zero-order chi connectivity index (χ0) is 16.0. The minimum absolute atomic E-state index is 0.374. The first kappa shape index (κ1) is 16.7. The van der Waals surface area contributed by atoms with Crippen molar-refractivity contribution in [2.75, 3.05) is 20.6 Å². The first-order valence-electron chi connectivity index (χ1n) is 8.22. The van der Waals surface area contributed by atoms with Crippen molar-refractivity contribution in [3.63, 3.8) is 0 Å². The Morgan fingerprint density at radius 3 is 2.45 bits per heavy atom. The summed E-state index contributed by atoms with van der Waals surface area (Å²) in [5.41, 5.74) is 0.817. The zero-order valence-corrected chi connectivity index (χ0v) is 14.0. The Kier molecular flexibility index (Phi) is 5.73. The molecule has 0 aliphatic rings. The SMILES string of the molecule is CCCCC(C=O)(CCN(C)C)c1cccc2ccccc12. The quantitative estimate of drug-likeness (QED) is 0.672. The van der Waals surface area contributed by atoms with Crippen LogP contribution in [0, 0.1) is 0 Å². The molecule has 2 heteroatoms. The van der Waals surface area contributed by atoms with Crippen LogP contribution in [0.1, 0.15) is 38.2 Å². The van der Waals surface area contributed by atoms with Gasteiger partial charge in [0.05, 0.1) is 5.41 Å². The normalized spacial score (nSPS) is 14.2. The van der Waals surface area contributed by atoms with E-state index < -0.39 is 0 Å². The predicted molar refractivity (Wildman–Crippen MR) is 94.4 cm³/mol. The second kappa shape index (κ2) is 7.55. The lowest BCUT2D eigenvalue weighted by Gasteiger charge is -2.31. The number of unbranched alkanes of at least 4 members (excludes halogenated alkanes) is 1. The van der Waals surface area contributed by atoms with Crippen LogP contribution < -0.4 is 0 Å². The molecular weight excluding hydrogens is 270 g/mol. The van der Waals surface area contributed by atoms with Gasteiger partial charge in [0.15, 0.2) is 0 Å². The van der Waals surface area contributed by atoms with E-state index >= 15 is 0 Å². The molecule has 22 heavy (non-hydrogen) atoms. The van der Waals surface area contributed by atoms with E-state index in [9.17, 15) is 4.79 Å². The van der Waals surface area contributed by atoms with Gasteiger partial charge in [0, 0.05) is 0 Å². The van der Waals surface area contributed by atoms with Gasteiger partial charge in [-0.15, -0.1) is 0 Å². The second-order valence-electron chi connectivity index (χ2n) is 6.46. The lowest BCUT2D eigenvalue weighted by Crippen LogP contribution is -2.32. The average Bonchev–Trinajstić information content (AvgIpc) is 2.55. The Morgan fingerprint density at radius 2 is 1.77 bits per heavy atom. The molecule has 0 saturated heterocycles. The first-order valence-corrected chi connectivity index (χ1v) is 8.22. The summed E-state index contributed by atoms with van der Waals surface area (Å²) in [5.74, 6) is 0. The molecule has 0 N–H and O–H groups in total. The molecule has 0 aliphatic heterocycles. The summed E-state index contributed by atoms with van der Waals surface area (Å²) < 4.78 is 0. The highest BCUT2D eigenvalue weighted by Gasteiger charge is 2.32. The van der Waals surface area contributed by atoms with Gasteiger partial charge in [-0.1, -0.05) is 62.2 Å². The zero-order valence-electron chi connectivity index (χ0n) is 14.0. The molecule has 118 valence electrons. The molecule has 2 rings (SSSR count). The number of hydrogen-bond donors (Lipinski definition) is 0. The molecule has 2 nitrogen and oxygen atoms in total. The van der Waals surface area contributed by atoms with E-state index in [0.29, 0.717) is 0 Å². The maximum atomic E-state index is 12.2. The number of hydrogen-bond acceptors (Lipinski definition) is 2. The number of carbonyl (C=O) groups excluding carboxylic acids is 1. The molecule has 0 fully saturated rings. The Balaban J connectivity index is 2.51. The van der Waals surface area contributed by atoms with Gasteiger partial charge in [-0.2, -0.15) is 0 Å².